The third-order valence-electron chi connectivity index (χ3n) is 13.0. The van der Waals surface area contributed by atoms with Crippen molar-refractivity contribution in [2.24, 2.45) is 0 Å². The predicted octanol–water partition coefficient (Wildman–Crippen LogP) is 20.2. The molecule has 0 saturated carbocycles. The van der Waals surface area contributed by atoms with Crippen molar-refractivity contribution < 1.29 is 28.6 Å². The zero-order valence-corrected chi connectivity index (χ0v) is 46.3. The van der Waals surface area contributed by atoms with E-state index in [4.69, 9.17) is 14.2 Å². The molecule has 1 atom stereocenters. The highest BCUT2D eigenvalue weighted by atomic mass is 16.6. The van der Waals surface area contributed by atoms with E-state index in [1.807, 2.05) is 6.08 Å². The number of hydrogen-bond donors (Lipinski definition) is 0. The molecule has 70 heavy (non-hydrogen) atoms. The first-order valence-electron chi connectivity index (χ1n) is 29.9. The average Bonchev–Trinajstić information content (AvgIpc) is 3.36. The van der Waals surface area contributed by atoms with Crippen LogP contribution in [-0.4, -0.2) is 37.2 Å². The molecule has 0 spiro atoms. The fraction of sp³-hybridized carbons (Fsp3) is 0.766. The number of carbonyl (C=O) groups is 3. The summed E-state index contributed by atoms with van der Waals surface area (Å²) in [6.07, 6.45) is 74.9. The fourth-order valence-electron chi connectivity index (χ4n) is 8.53. The summed E-state index contributed by atoms with van der Waals surface area (Å²) < 4.78 is 16.8. The number of hydrogen-bond acceptors (Lipinski definition) is 6. The molecule has 0 N–H and O–H groups in total. The van der Waals surface area contributed by atoms with Gasteiger partial charge in [-0.2, -0.15) is 0 Å². The van der Waals surface area contributed by atoms with E-state index in [-0.39, 0.29) is 37.5 Å². The van der Waals surface area contributed by atoms with Crippen molar-refractivity contribution in [3.05, 3.63) is 72.9 Å². The maximum absolute atomic E-state index is 12.8. The minimum Gasteiger partial charge on any atom is -0.462 e. The summed E-state index contributed by atoms with van der Waals surface area (Å²) in [5, 5.41) is 0. The Balaban J connectivity index is 4.40. The van der Waals surface area contributed by atoms with Gasteiger partial charge in [0.15, 0.2) is 6.10 Å². The summed E-state index contributed by atoms with van der Waals surface area (Å²) in [7, 11) is 0. The fourth-order valence-corrected chi connectivity index (χ4v) is 8.53. The van der Waals surface area contributed by atoms with Crippen molar-refractivity contribution >= 4 is 17.9 Å². The number of allylic oxidation sites excluding steroid dienone is 12. The number of carbonyl (C=O) groups excluding carboxylic acids is 3. The zero-order chi connectivity index (χ0) is 50.7. The van der Waals surface area contributed by atoms with E-state index < -0.39 is 6.10 Å². The molecule has 0 radical (unpaired) electrons. The van der Waals surface area contributed by atoms with Crippen molar-refractivity contribution in [3.63, 3.8) is 0 Å². The molecule has 0 saturated heterocycles. The Kier molecular flexibility index (Phi) is 55.8. The Labute approximate surface area is 433 Å². The molecule has 0 aromatic rings. The Morgan fingerprint density at radius 1 is 0.300 bits per heavy atom. The number of rotatable bonds is 54. The van der Waals surface area contributed by atoms with Crippen molar-refractivity contribution in [2.45, 2.75) is 303 Å². The van der Waals surface area contributed by atoms with Crippen LogP contribution in [0.25, 0.3) is 0 Å². The largest absolute Gasteiger partial charge is 0.462 e. The monoisotopic (exact) mass is 977 g/mol. The van der Waals surface area contributed by atoms with Crippen molar-refractivity contribution in [3.8, 4) is 0 Å². The molecule has 0 aromatic heterocycles. The molecule has 0 aromatic carbocycles. The van der Waals surface area contributed by atoms with Crippen molar-refractivity contribution in [2.75, 3.05) is 13.2 Å². The molecule has 0 fully saturated rings. The molecule has 6 heteroatoms. The first-order valence-corrected chi connectivity index (χ1v) is 29.9. The number of esters is 3. The van der Waals surface area contributed by atoms with Gasteiger partial charge in [0.05, 0.1) is 0 Å². The topological polar surface area (TPSA) is 78.9 Å². The van der Waals surface area contributed by atoms with Gasteiger partial charge in [-0.15, -0.1) is 0 Å². The van der Waals surface area contributed by atoms with Crippen LogP contribution in [0.2, 0.25) is 0 Å². The summed E-state index contributed by atoms with van der Waals surface area (Å²) in [5.41, 5.74) is 0. The molecule has 0 aliphatic carbocycles. The van der Waals surface area contributed by atoms with E-state index in [1.165, 1.54) is 173 Å². The quantitative estimate of drug-likeness (QED) is 0.0261. The van der Waals surface area contributed by atoms with Gasteiger partial charge in [-0.05, 0) is 57.8 Å². The van der Waals surface area contributed by atoms with Gasteiger partial charge in [-0.3, -0.25) is 14.4 Å². The second-order valence-electron chi connectivity index (χ2n) is 19.9. The van der Waals surface area contributed by atoms with Gasteiger partial charge >= 0.3 is 17.9 Å². The summed E-state index contributed by atoms with van der Waals surface area (Å²) in [5.74, 6) is -0.974. The molecule has 0 aliphatic heterocycles. The van der Waals surface area contributed by atoms with E-state index in [1.54, 1.807) is 0 Å². The van der Waals surface area contributed by atoms with Gasteiger partial charge in [0.2, 0.25) is 0 Å². The summed E-state index contributed by atoms with van der Waals surface area (Å²) in [6, 6.07) is 0. The van der Waals surface area contributed by atoms with Gasteiger partial charge in [0.25, 0.3) is 0 Å². The van der Waals surface area contributed by atoms with Crippen LogP contribution in [0.3, 0.4) is 0 Å². The van der Waals surface area contributed by atoms with Gasteiger partial charge in [-0.25, -0.2) is 0 Å². The third-order valence-corrected chi connectivity index (χ3v) is 13.0. The van der Waals surface area contributed by atoms with Crippen LogP contribution in [-0.2, 0) is 28.6 Å². The SMILES string of the molecule is CC/C=C\C/C=C\C/C=C\C/C=C\C/C=C\C/C=C\CCC(=O)OC(COC(=O)CCCCCCCCCCCCCC)COC(=O)CCCCCCCCCCCCCCCCCCCCCCC. The highest BCUT2D eigenvalue weighted by Crippen LogP contribution is 2.17. The van der Waals surface area contributed by atoms with E-state index in [0.29, 0.717) is 19.3 Å². The maximum Gasteiger partial charge on any atom is 0.306 e. The summed E-state index contributed by atoms with van der Waals surface area (Å²) in [4.78, 5) is 38.1. The maximum atomic E-state index is 12.8. The molecule has 0 aliphatic rings. The predicted molar refractivity (Wildman–Crippen MR) is 302 cm³/mol. The molecule has 0 heterocycles. The highest BCUT2D eigenvalue weighted by molar-refractivity contribution is 5.71. The standard InChI is InChI=1S/C64H112O6/c1-4-7-10-13-16-19-22-25-27-29-31-32-34-35-37-39-42-45-48-51-54-57-63(66)69-60-61(59-68-62(65)56-53-50-47-44-41-24-21-18-15-12-9-6-3)70-64(67)58-55-52-49-46-43-40-38-36-33-30-28-26-23-20-17-14-11-8-5-2/h8,11,17,20,26,28,33,36,40,43,49,52,61H,4-7,9-10,12-16,18-19,21-25,27,29-32,34-35,37-39,41-42,44-48,50-51,53-60H2,1-3H3/b11-8-,20-17-,28-26-,36-33-,43-40-,52-49-. The lowest BCUT2D eigenvalue weighted by Gasteiger charge is -2.18. The van der Waals surface area contributed by atoms with Crippen LogP contribution in [0.5, 0.6) is 0 Å². The first kappa shape index (κ1) is 66.9. The molecular formula is C64H112O6. The summed E-state index contributed by atoms with van der Waals surface area (Å²) in [6.45, 7) is 6.50. The Morgan fingerprint density at radius 3 is 0.843 bits per heavy atom. The third kappa shape index (κ3) is 55.8. The molecule has 0 amide bonds. The Bertz CT molecular complexity index is 1310. The molecule has 1 unspecified atom stereocenters. The van der Waals surface area contributed by atoms with Crippen LogP contribution in [0, 0.1) is 0 Å². The van der Waals surface area contributed by atoms with E-state index >= 15 is 0 Å². The van der Waals surface area contributed by atoms with Crippen LogP contribution in [0.4, 0.5) is 0 Å². The Morgan fingerprint density at radius 2 is 0.557 bits per heavy atom. The molecule has 404 valence electrons. The van der Waals surface area contributed by atoms with E-state index in [0.717, 1.165) is 77.0 Å². The van der Waals surface area contributed by atoms with Crippen LogP contribution in [0.1, 0.15) is 297 Å². The average molecular weight is 978 g/mol. The molecular weight excluding hydrogens is 865 g/mol. The van der Waals surface area contributed by atoms with Crippen LogP contribution >= 0.6 is 0 Å². The number of unbranched alkanes of at least 4 members (excludes halogenated alkanes) is 31. The molecule has 0 rings (SSSR count). The lowest BCUT2D eigenvalue weighted by molar-refractivity contribution is -0.166. The Hall–Kier alpha value is -3.15. The first-order chi connectivity index (χ1) is 34.5. The van der Waals surface area contributed by atoms with Crippen molar-refractivity contribution in [1.82, 2.24) is 0 Å². The minimum atomic E-state index is -0.813. The lowest BCUT2D eigenvalue weighted by atomic mass is 10.0. The van der Waals surface area contributed by atoms with Crippen molar-refractivity contribution in [1.29, 1.82) is 0 Å². The van der Waals surface area contributed by atoms with Gasteiger partial charge in [0, 0.05) is 19.3 Å². The molecule has 0 bridgehead atoms. The van der Waals surface area contributed by atoms with Gasteiger partial charge in [0.1, 0.15) is 13.2 Å². The van der Waals surface area contributed by atoms with E-state index in [9.17, 15) is 14.4 Å². The summed E-state index contributed by atoms with van der Waals surface area (Å²) >= 11 is 0. The van der Waals surface area contributed by atoms with E-state index in [2.05, 4.69) is 87.6 Å². The minimum absolute atomic E-state index is 0.102. The second kappa shape index (κ2) is 58.4. The number of ether oxygens (including phenoxy) is 3. The van der Waals surface area contributed by atoms with Crippen LogP contribution < -0.4 is 0 Å². The smallest absolute Gasteiger partial charge is 0.306 e. The lowest BCUT2D eigenvalue weighted by Crippen LogP contribution is -2.30. The van der Waals surface area contributed by atoms with Gasteiger partial charge in [-0.1, -0.05) is 293 Å². The highest BCUT2D eigenvalue weighted by Gasteiger charge is 2.19. The zero-order valence-electron chi connectivity index (χ0n) is 46.3. The van der Waals surface area contributed by atoms with Gasteiger partial charge < -0.3 is 14.2 Å². The normalized spacial score (nSPS) is 12.6. The second-order valence-corrected chi connectivity index (χ2v) is 19.9. The van der Waals surface area contributed by atoms with Crippen LogP contribution in [0.15, 0.2) is 72.9 Å². The molecule has 6 nitrogen and oxygen atoms in total.